The highest BCUT2D eigenvalue weighted by Crippen LogP contribution is 2.36. The predicted molar refractivity (Wildman–Crippen MR) is 69.8 cm³/mol. The molecule has 2 aliphatic rings. The van der Waals surface area contributed by atoms with E-state index in [9.17, 15) is 0 Å². The third kappa shape index (κ3) is 3.21. The lowest BCUT2D eigenvalue weighted by atomic mass is 9.78. The number of hydrogen-bond acceptors (Lipinski definition) is 2. The van der Waals surface area contributed by atoms with Gasteiger partial charge in [-0.2, -0.15) is 0 Å². The summed E-state index contributed by atoms with van der Waals surface area (Å²) in [6.45, 7) is 10.6. The molecule has 1 heterocycles. The molecule has 0 aromatic heterocycles. The van der Waals surface area contributed by atoms with Crippen LogP contribution in [0.2, 0.25) is 0 Å². The van der Waals surface area contributed by atoms with Crippen molar-refractivity contribution in [3.63, 3.8) is 0 Å². The van der Waals surface area contributed by atoms with E-state index in [1.165, 1.54) is 38.5 Å². The standard InChI is InChI=1S/C12H23NO.C2H6/c1-2-12(6-4-3-5-7-12)13-8-10-14-11-9-13;1-2/h2-11H2,1H3;1-2H3. The first-order valence-corrected chi connectivity index (χ1v) is 7.20. The minimum absolute atomic E-state index is 0.544. The van der Waals surface area contributed by atoms with Crippen molar-refractivity contribution < 1.29 is 4.74 Å². The average Bonchev–Trinajstić information content (AvgIpc) is 2.43. The zero-order valence-electron chi connectivity index (χ0n) is 11.4. The molecule has 1 aliphatic heterocycles. The molecule has 2 heteroatoms. The lowest BCUT2D eigenvalue weighted by molar-refractivity contribution is -0.0390. The van der Waals surface area contributed by atoms with Crippen LogP contribution in [0.3, 0.4) is 0 Å². The summed E-state index contributed by atoms with van der Waals surface area (Å²) in [5.74, 6) is 0. The van der Waals surface area contributed by atoms with Gasteiger partial charge < -0.3 is 4.74 Å². The fraction of sp³-hybridized carbons (Fsp3) is 1.00. The average molecular weight is 227 g/mol. The van der Waals surface area contributed by atoms with E-state index in [1.54, 1.807) is 0 Å². The molecule has 0 spiro atoms. The Balaban J connectivity index is 0.000000606. The van der Waals surface area contributed by atoms with Crippen LogP contribution in [0, 0.1) is 0 Å². The van der Waals surface area contributed by atoms with E-state index in [1.807, 2.05) is 13.8 Å². The summed E-state index contributed by atoms with van der Waals surface area (Å²) < 4.78 is 5.44. The lowest BCUT2D eigenvalue weighted by Gasteiger charge is -2.47. The molecule has 2 rings (SSSR count). The number of morpholine rings is 1. The lowest BCUT2D eigenvalue weighted by Crippen LogP contribution is -2.54. The fourth-order valence-corrected chi connectivity index (χ4v) is 3.14. The smallest absolute Gasteiger partial charge is 0.0594 e. The molecule has 2 fully saturated rings. The topological polar surface area (TPSA) is 12.5 Å². The third-order valence-corrected chi connectivity index (χ3v) is 4.12. The van der Waals surface area contributed by atoms with Gasteiger partial charge in [0.1, 0.15) is 0 Å². The molecule has 1 aliphatic carbocycles. The van der Waals surface area contributed by atoms with Crippen LogP contribution in [-0.2, 0) is 4.74 Å². The minimum atomic E-state index is 0.544. The fourth-order valence-electron chi connectivity index (χ4n) is 3.14. The second-order valence-corrected chi connectivity index (χ2v) is 4.74. The maximum atomic E-state index is 5.44. The molecule has 2 nitrogen and oxygen atoms in total. The normalized spacial score (nSPS) is 25.7. The quantitative estimate of drug-likeness (QED) is 0.716. The van der Waals surface area contributed by atoms with Crippen molar-refractivity contribution in [1.82, 2.24) is 4.90 Å². The highest BCUT2D eigenvalue weighted by atomic mass is 16.5. The Kier molecular flexibility index (Phi) is 6.37. The third-order valence-electron chi connectivity index (χ3n) is 4.12. The van der Waals surface area contributed by atoms with Gasteiger partial charge in [0.15, 0.2) is 0 Å². The summed E-state index contributed by atoms with van der Waals surface area (Å²) in [5, 5.41) is 0. The zero-order chi connectivity index (χ0) is 11.9. The Morgan fingerprint density at radius 2 is 1.56 bits per heavy atom. The molecule has 1 saturated heterocycles. The molecule has 0 aromatic carbocycles. The van der Waals surface area contributed by atoms with Crippen molar-refractivity contribution in [2.45, 2.75) is 64.8 Å². The van der Waals surface area contributed by atoms with Crippen LogP contribution in [0.25, 0.3) is 0 Å². The molecule has 0 amide bonds. The van der Waals surface area contributed by atoms with Crippen LogP contribution in [0.1, 0.15) is 59.3 Å². The first-order valence-electron chi connectivity index (χ1n) is 7.20. The molecular formula is C14H29NO. The van der Waals surface area contributed by atoms with E-state index >= 15 is 0 Å². The Hall–Kier alpha value is -0.0800. The highest BCUT2D eigenvalue weighted by Gasteiger charge is 2.36. The first kappa shape index (κ1) is 14.0. The van der Waals surface area contributed by atoms with Crippen LogP contribution in [0.15, 0.2) is 0 Å². The molecule has 0 radical (unpaired) electrons. The van der Waals surface area contributed by atoms with Crippen molar-refractivity contribution in [3.05, 3.63) is 0 Å². The summed E-state index contributed by atoms with van der Waals surface area (Å²) in [5.41, 5.74) is 0.544. The van der Waals surface area contributed by atoms with Gasteiger partial charge in [-0.3, -0.25) is 4.90 Å². The first-order chi connectivity index (χ1) is 7.87. The molecule has 1 saturated carbocycles. The van der Waals surface area contributed by atoms with Gasteiger partial charge in [0.05, 0.1) is 13.2 Å². The van der Waals surface area contributed by atoms with Crippen LogP contribution in [-0.4, -0.2) is 36.7 Å². The summed E-state index contributed by atoms with van der Waals surface area (Å²) >= 11 is 0. The Morgan fingerprint density at radius 3 is 2.06 bits per heavy atom. The molecule has 0 unspecified atom stereocenters. The SMILES string of the molecule is CC.CCC1(N2CCOCC2)CCCCC1. The number of rotatable bonds is 2. The van der Waals surface area contributed by atoms with E-state index in [-0.39, 0.29) is 0 Å². The van der Waals surface area contributed by atoms with Crippen LogP contribution in [0.5, 0.6) is 0 Å². The van der Waals surface area contributed by atoms with Crippen molar-refractivity contribution in [2.24, 2.45) is 0 Å². The van der Waals surface area contributed by atoms with Gasteiger partial charge in [0.25, 0.3) is 0 Å². The number of hydrogen-bond donors (Lipinski definition) is 0. The van der Waals surface area contributed by atoms with Crippen LogP contribution < -0.4 is 0 Å². The summed E-state index contributed by atoms with van der Waals surface area (Å²) in [6, 6.07) is 0. The molecule has 0 aromatic rings. The van der Waals surface area contributed by atoms with E-state index in [4.69, 9.17) is 4.74 Å². The van der Waals surface area contributed by atoms with E-state index in [2.05, 4.69) is 11.8 Å². The van der Waals surface area contributed by atoms with Gasteiger partial charge in [0.2, 0.25) is 0 Å². The number of ether oxygens (including phenoxy) is 1. The van der Waals surface area contributed by atoms with Crippen molar-refractivity contribution in [2.75, 3.05) is 26.3 Å². The van der Waals surface area contributed by atoms with Gasteiger partial charge in [-0.15, -0.1) is 0 Å². The van der Waals surface area contributed by atoms with Crippen molar-refractivity contribution in [3.8, 4) is 0 Å². The zero-order valence-corrected chi connectivity index (χ0v) is 11.4. The molecule has 16 heavy (non-hydrogen) atoms. The molecule has 0 atom stereocenters. The molecule has 96 valence electrons. The molecular weight excluding hydrogens is 198 g/mol. The van der Waals surface area contributed by atoms with Gasteiger partial charge in [-0.25, -0.2) is 0 Å². The van der Waals surface area contributed by atoms with E-state index in [0.717, 1.165) is 26.3 Å². The second-order valence-electron chi connectivity index (χ2n) is 4.74. The Morgan fingerprint density at radius 1 is 1.00 bits per heavy atom. The van der Waals surface area contributed by atoms with E-state index in [0.29, 0.717) is 5.54 Å². The van der Waals surface area contributed by atoms with Gasteiger partial charge >= 0.3 is 0 Å². The maximum absolute atomic E-state index is 5.44. The van der Waals surface area contributed by atoms with Gasteiger partial charge in [-0.05, 0) is 19.3 Å². The van der Waals surface area contributed by atoms with E-state index < -0.39 is 0 Å². The summed E-state index contributed by atoms with van der Waals surface area (Å²) in [7, 11) is 0. The second kappa shape index (κ2) is 7.29. The summed E-state index contributed by atoms with van der Waals surface area (Å²) in [4.78, 5) is 2.70. The van der Waals surface area contributed by atoms with Crippen molar-refractivity contribution in [1.29, 1.82) is 0 Å². The summed E-state index contributed by atoms with van der Waals surface area (Å²) in [6.07, 6.45) is 8.49. The monoisotopic (exact) mass is 227 g/mol. The van der Waals surface area contributed by atoms with Gasteiger partial charge in [-0.1, -0.05) is 40.0 Å². The largest absolute Gasteiger partial charge is 0.379 e. The maximum Gasteiger partial charge on any atom is 0.0594 e. The Labute approximate surface area is 101 Å². The van der Waals surface area contributed by atoms with Crippen LogP contribution >= 0.6 is 0 Å². The predicted octanol–water partition coefficient (Wildman–Crippen LogP) is 3.46. The van der Waals surface area contributed by atoms with Crippen LogP contribution in [0.4, 0.5) is 0 Å². The highest BCUT2D eigenvalue weighted by molar-refractivity contribution is 4.92. The molecule has 0 bridgehead atoms. The van der Waals surface area contributed by atoms with Crippen molar-refractivity contribution >= 4 is 0 Å². The minimum Gasteiger partial charge on any atom is -0.379 e. The Bertz CT molecular complexity index is 170. The number of nitrogens with zero attached hydrogens (tertiary/aromatic N) is 1. The molecule has 0 N–H and O–H groups in total. The van der Waals surface area contributed by atoms with Gasteiger partial charge in [0, 0.05) is 18.6 Å².